The fourth-order valence-corrected chi connectivity index (χ4v) is 4.23. The molecule has 33 heavy (non-hydrogen) atoms. The molecule has 7 nitrogen and oxygen atoms in total. The number of anilines is 3. The van der Waals surface area contributed by atoms with Crippen molar-refractivity contribution in [2.75, 3.05) is 16.3 Å². The zero-order chi connectivity index (χ0) is 23.8. The Hall–Kier alpha value is -3.38. The Bertz CT molecular complexity index is 1550. The van der Waals surface area contributed by atoms with Gasteiger partial charge in [-0.2, -0.15) is 5.26 Å². The lowest BCUT2D eigenvalue weighted by molar-refractivity contribution is 0.607. The average Bonchev–Trinajstić information content (AvgIpc) is 2.77. The first kappa shape index (κ1) is 22.8. The number of nitrogens with one attached hydrogen (secondary N) is 2. The van der Waals surface area contributed by atoms with E-state index in [4.69, 9.17) is 23.2 Å². The van der Waals surface area contributed by atoms with E-state index in [1.807, 2.05) is 37.3 Å². The second kappa shape index (κ2) is 8.87. The van der Waals surface area contributed by atoms with Crippen LogP contribution in [0.4, 0.5) is 17.1 Å². The molecule has 2 aromatic heterocycles. The van der Waals surface area contributed by atoms with Crippen LogP contribution in [-0.2, 0) is 10.0 Å². The number of fused-ring (bicyclic) bond motifs is 1. The molecule has 4 rings (SSSR count). The van der Waals surface area contributed by atoms with Crippen LogP contribution in [-0.4, -0.2) is 24.6 Å². The standard InChI is InChI=1S/C23H17Cl2N5O2S/c1-13-3-5-17(9-19(13)24)29-22-16(10-26)12-27-20-6-4-14(7-18(20)22)15-8-21(23(25)28-11-15)30-33(2,31)32/h3-9,11-12,30H,1-2H3,(H,27,29). The zero-order valence-corrected chi connectivity index (χ0v) is 19.8. The number of hydrogen-bond donors (Lipinski definition) is 2. The van der Waals surface area contributed by atoms with Crippen LogP contribution < -0.4 is 10.0 Å². The molecule has 0 unspecified atom stereocenters. The van der Waals surface area contributed by atoms with Gasteiger partial charge in [0, 0.05) is 34.1 Å². The maximum Gasteiger partial charge on any atom is 0.229 e. The number of aromatic nitrogens is 2. The Balaban J connectivity index is 1.85. The van der Waals surface area contributed by atoms with Crippen LogP contribution in [0.5, 0.6) is 0 Å². The van der Waals surface area contributed by atoms with Gasteiger partial charge in [0.2, 0.25) is 10.0 Å². The Morgan fingerprint density at radius 3 is 2.48 bits per heavy atom. The van der Waals surface area contributed by atoms with E-state index in [1.54, 1.807) is 18.3 Å². The van der Waals surface area contributed by atoms with Gasteiger partial charge in [-0.1, -0.05) is 35.3 Å². The quantitative estimate of drug-likeness (QED) is 0.332. The highest BCUT2D eigenvalue weighted by Crippen LogP contribution is 2.34. The molecule has 0 saturated heterocycles. The minimum Gasteiger partial charge on any atom is -0.354 e. The Kier molecular flexibility index (Phi) is 6.13. The SMILES string of the molecule is Cc1ccc(Nc2c(C#N)cnc3ccc(-c4cnc(Cl)c(NS(C)(=O)=O)c4)cc23)cc1Cl. The molecule has 0 radical (unpaired) electrons. The van der Waals surface area contributed by atoms with Crippen molar-refractivity contribution >= 4 is 61.2 Å². The molecule has 166 valence electrons. The van der Waals surface area contributed by atoms with Crippen molar-refractivity contribution in [2.45, 2.75) is 6.92 Å². The first-order valence-corrected chi connectivity index (χ1v) is 12.3. The summed E-state index contributed by atoms with van der Waals surface area (Å²) in [5.41, 5.74) is 4.85. The van der Waals surface area contributed by atoms with E-state index in [0.717, 1.165) is 23.1 Å². The summed E-state index contributed by atoms with van der Waals surface area (Å²) in [6.45, 7) is 1.91. The molecular formula is C23H17Cl2N5O2S. The fraction of sp³-hybridized carbons (Fsp3) is 0.0870. The maximum atomic E-state index is 11.7. The van der Waals surface area contributed by atoms with E-state index < -0.39 is 10.0 Å². The van der Waals surface area contributed by atoms with Gasteiger partial charge in [0.25, 0.3) is 0 Å². The molecule has 0 atom stereocenters. The van der Waals surface area contributed by atoms with Gasteiger partial charge >= 0.3 is 0 Å². The van der Waals surface area contributed by atoms with Gasteiger partial charge in [0.1, 0.15) is 6.07 Å². The normalized spacial score (nSPS) is 11.2. The van der Waals surface area contributed by atoms with Gasteiger partial charge in [-0.25, -0.2) is 13.4 Å². The van der Waals surface area contributed by atoms with Gasteiger partial charge < -0.3 is 5.32 Å². The number of aryl methyl sites for hydroxylation is 1. The number of sulfonamides is 1. The molecule has 2 N–H and O–H groups in total. The van der Waals surface area contributed by atoms with Gasteiger partial charge in [0.15, 0.2) is 5.15 Å². The number of nitriles is 1. The lowest BCUT2D eigenvalue weighted by atomic mass is 10.0. The Morgan fingerprint density at radius 1 is 1.00 bits per heavy atom. The number of rotatable bonds is 5. The third-order valence-electron chi connectivity index (χ3n) is 4.90. The van der Waals surface area contributed by atoms with Crippen molar-refractivity contribution in [2.24, 2.45) is 0 Å². The molecule has 0 bridgehead atoms. The summed E-state index contributed by atoms with van der Waals surface area (Å²) in [5.74, 6) is 0. The van der Waals surface area contributed by atoms with Crippen molar-refractivity contribution in [3.05, 3.63) is 76.2 Å². The van der Waals surface area contributed by atoms with Gasteiger partial charge in [-0.3, -0.25) is 9.71 Å². The first-order chi connectivity index (χ1) is 15.6. The van der Waals surface area contributed by atoms with Crippen molar-refractivity contribution in [3.8, 4) is 17.2 Å². The summed E-state index contributed by atoms with van der Waals surface area (Å²) in [6, 6.07) is 14.8. The molecule has 0 amide bonds. The van der Waals surface area contributed by atoms with Gasteiger partial charge in [-0.15, -0.1) is 0 Å². The topological polar surface area (TPSA) is 108 Å². The van der Waals surface area contributed by atoms with E-state index in [-0.39, 0.29) is 10.8 Å². The van der Waals surface area contributed by atoms with E-state index >= 15 is 0 Å². The van der Waals surface area contributed by atoms with E-state index in [9.17, 15) is 13.7 Å². The second-order valence-corrected chi connectivity index (χ2v) is 9.93. The van der Waals surface area contributed by atoms with Crippen LogP contribution in [0.25, 0.3) is 22.0 Å². The summed E-state index contributed by atoms with van der Waals surface area (Å²) >= 11 is 12.3. The predicted octanol–water partition coefficient (Wildman–Crippen LogP) is 5.90. The third-order valence-corrected chi connectivity index (χ3v) is 6.20. The van der Waals surface area contributed by atoms with Crippen LogP contribution in [0.2, 0.25) is 10.2 Å². The monoisotopic (exact) mass is 497 g/mol. The smallest absolute Gasteiger partial charge is 0.229 e. The summed E-state index contributed by atoms with van der Waals surface area (Å²) in [7, 11) is -3.53. The number of pyridine rings is 2. The molecule has 0 spiro atoms. The van der Waals surface area contributed by atoms with E-state index in [1.165, 1.54) is 6.20 Å². The van der Waals surface area contributed by atoms with Crippen molar-refractivity contribution in [3.63, 3.8) is 0 Å². The van der Waals surface area contributed by atoms with Crippen molar-refractivity contribution in [1.82, 2.24) is 9.97 Å². The minimum atomic E-state index is -3.53. The van der Waals surface area contributed by atoms with Gasteiger partial charge in [0.05, 0.1) is 28.7 Å². The second-order valence-electron chi connectivity index (χ2n) is 7.42. The van der Waals surface area contributed by atoms with Crippen LogP contribution in [0.1, 0.15) is 11.1 Å². The first-order valence-electron chi connectivity index (χ1n) is 9.64. The Morgan fingerprint density at radius 2 is 1.79 bits per heavy atom. The molecule has 0 saturated carbocycles. The maximum absolute atomic E-state index is 11.7. The number of nitrogens with zero attached hydrogens (tertiary/aromatic N) is 3. The number of hydrogen-bond acceptors (Lipinski definition) is 6. The van der Waals surface area contributed by atoms with Crippen molar-refractivity contribution in [1.29, 1.82) is 5.26 Å². The number of benzene rings is 2. The highest BCUT2D eigenvalue weighted by Gasteiger charge is 2.14. The highest BCUT2D eigenvalue weighted by molar-refractivity contribution is 7.92. The van der Waals surface area contributed by atoms with E-state index in [2.05, 4.69) is 26.1 Å². The zero-order valence-electron chi connectivity index (χ0n) is 17.5. The molecule has 0 aliphatic heterocycles. The predicted molar refractivity (Wildman–Crippen MR) is 133 cm³/mol. The number of halogens is 2. The van der Waals surface area contributed by atoms with Crippen LogP contribution in [0, 0.1) is 18.3 Å². The molecule has 0 aliphatic rings. The molecule has 2 heterocycles. The molecule has 0 fully saturated rings. The van der Waals surface area contributed by atoms with Crippen LogP contribution >= 0.6 is 23.2 Å². The van der Waals surface area contributed by atoms with Crippen LogP contribution in [0.3, 0.4) is 0 Å². The fourth-order valence-electron chi connectivity index (χ4n) is 3.28. The Labute approximate surface area is 201 Å². The van der Waals surface area contributed by atoms with E-state index in [0.29, 0.717) is 32.7 Å². The molecule has 2 aromatic carbocycles. The lowest BCUT2D eigenvalue weighted by Crippen LogP contribution is -2.10. The molecule has 10 heteroatoms. The van der Waals surface area contributed by atoms with Gasteiger partial charge in [-0.05, 0) is 48.4 Å². The third kappa shape index (κ3) is 5.01. The van der Waals surface area contributed by atoms with Crippen molar-refractivity contribution < 1.29 is 8.42 Å². The largest absolute Gasteiger partial charge is 0.354 e. The summed E-state index contributed by atoms with van der Waals surface area (Å²) in [6.07, 6.45) is 4.10. The van der Waals surface area contributed by atoms with Crippen LogP contribution in [0.15, 0.2) is 54.9 Å². The highest BCUT2D eigenvalue weighted by atomic mass is 35.5. The minimum absolute atomic E-state index is 0.0389. The summed E-state index contributed by atoms with van der Waals surface area (Å²) < 4.78 is 25.7. The lowest BCUT2D eigenvalue weighted by Gasteiger charge is -2.14. The summed E-state index contributed by atoms with van der Waals surface area (Å²) in [4.78, 5) is 8.49. The molecule has 0 aliphatic carbocycles. The molecular weight excluding hydrogens is 481 g/mol. The average molecular weight is 498 g/mol. The summed E-state index contributed by atoms with van der Waals surface area (Å²) in [5, 5.41) is 14.3. The molecule has 4 aromatic rings.